The molecule has 1 spiro atoms. The monoisotopic (exact) mass is 269 g/mol. The molecule has 112 valence electrons. The van der Waals surface area contributed by atoms with E-state index in [4.69, 9.17) is 9.47 Å². The first kappa shape index (κ1) is 15.3. The van der Waals surface area contributed by atoms with Crippen molar-refractivity contribution in [3.05, 3.63) is 0 Å². The molecule has 0 amide bonds. The summed E-state index contributed by atoms with van der Waals surface area (Å²) in [5.74, 6) is 0.790. The lowest BCUT2D eigenvalue weighted by atomic mass is 9.76. The number of rotatable bonds is 6. The van der Waals surface area contributed by atoms with Crippen LogP contribution in [0.5, 0.6) is 0 Å². The second kappa shape index (κ2) is 7.61. The van der Waals surface area contributed by atoms with Crippen LogP contribution in [0.4, 0.5) is 0 Å². The highest BCUT2D eigenvalue weighted by atomic mass is 16.5. The van der Waals surface area contributed by atoms with Crippen LogP contribution in [0.2, 0.25) is 0 Å². The van der Waals surface area contributed by atoms with E-state index in [2.05, 4.69) is 19.2 Å². The predicted molar refractivity (Wildman–Crippen MR) is 78.4 cm³/mol. The van der Waals surface area contributed by atoms with Gasteiger partial charge in [0.25, 0.3) is 0 Å². The first-order valence-electron chi connectivity index (χ1n) is 8.25. The fourth-order valence-electron chi connectivity index (χ4n) is 3.69. The van der Waals surface area contributed by atoms with Gasteiger partial charge >= 0.3 is 0 Å². The fourth-order valence-corrected chi connectivity index (χ4v) is 3.69. The minimum atomic E-state index is 0.140. The van der Waals surface area contributed by atoms with Crippen molar-refractivity contribution >= 4 is 0 Å². The molecule has 2 fully saturated rings. The maximum absolute atomic E-state index is 6.16. The molecule has 2 aliphatic rings. The van der Waals surface area contributed by atoms with Gasteiger partial charge in [0.05, 0.1) is 5.60 Å². The summed E-state index contributed by atoms with van der Waals surface area (Å²) in [5, 5.41) is 3.72. The summed E-state index contributed by atoms with van der Waals surface area (Å²) < 4.78 is 11.7. The Morgan fingerprint density at radius 1 is 1.21 bits per heavy atom. The van der Waals surface area contributed by atoms with Gasteiger partial charge in [0.2, 0.25) is 0 Å². The Balaban J connectivity index is 1.93. The summed E-state index contributed by atoms with van der Waals surface area (Å²) in [6, 6.07) is 0.688. The van der Waals surface area contributed by atoms with E-state index in [0.717, 1.165) is 45.1 Å². The molecule has 1 N–H and O–H groups in total. The van der Waals surface area contributed by atoms with Gasteiger partial charge in [-0.05, 0) is 44.6 Å². The Kier molecular flexibility index (Phi) is 6.11. The van der Waals surface area contributed by atoms with Crippen LogP contribution in [0.25, 0.3) is 0 Å². The Bertz CT molecular complexity index is 246. The second-order valence-corrected chi connectivity index (χ2v) is 6.20. The van der Waals surface area contributed by atoms with Gasteiger partial charge in [0, 0.05) is 25.9 Å². The number of nitrogens with one attached hydrogen (secondary N) is 1. The second-order valence-electron chi connectivity index (χ2n) is 6.20. The summed E-state index contributed by atoms with van der Waals surface area (Å²) in [7, 11) is 0. The molecule has 2 saturated heterocycles. The molecule has 0 aromatic rings. The maximum Gasteiger partial charge on any atom is 0.0729 e. The lowest BCUT2D eigenvalue weighted by Gasteiger charge is -2.45. The van der Waals surface area contributed by atoms with Gasteiger partial charge in [-0.25, -0.2) is 0 Å². The molecule has 2 unspecified atom stereocenters. The molecule has 0 aromatic heterocycles. The number of ether oxygens (including phenoxy) is 2. The number of hydrogen-bond donors (Lipinski definition) is 1. The molecule has 0 radical (unpaired) electrons. The number of unbranched alkanes of at least 4 members (excludes halogenated alkanes) is 1. The van der Waals surface area contributed by atoms with Gasteiger partial charge in [-0.3, -0.25) is 0 Å². The summed E-state index contributed by atoms with van der Waals surface area (Å²) in [4.78, 5) is 0. The van der Waals surface area contributed by atoms with Gasteiger partial charge < -0.3 is 14.8 Å². The average molecular weight is 269 g/mol. The van der Waals surface area contributed by atoms with Crippen molar-refractivity contribution in [3.8, 4) is 0 Å². The van der Waals surface area contributed by atoms with Crippen LogP contribution in [0, 0.1) is 5.92 Å². The summed E-state index contributed by atoms with van der Waals surface area (Å²) in [6.45, 7) is 8.30. The topological polar surface area (TPSA) is 30.5 Å². The third-order valence-electron chi connectivity index (χ3n) is 4.84. The normalized spacial score (nSPS) is 28.4. The third-order valence-corrected chi connectivity index (χ3v) is 4.84. The Hall–Kier alpha value is -0.120. The molecule has 2 heterocycles. The highest BCUT2D eigenvalue weighted by molar-refractivity contribution is 4.92. The van der Waals surface area contributed by atoms with Crippen LogP contribution >= 0.6 is 0 Å². The van der Waals surface area contributed by atoms with Crippen molar-refractivity contribution in [1.29, 1.82) is 0 Å². The van der Waals surface area contributed by atoms with E-state index in [1.807, 2.05) is 0 Å². The highest BCUT2D eigenvalue weighted by Gasteiger charge is 2.40. The largest absolute Gasteiger partial charge is 0.381 e. The standard InChI is InChI=1S/C16H31NO2/c1-3-5-6-15(17-4-2)14-7-10-19-16(13-14)8-11-18-12-9-16/h14-15,17H,3-13H2,1-2H3. The van der Waals surface area contributed by atoms with E-state index < -0.39 is 0 Å². The summed E-state index contributed by atoms with van der Waals surface area (Å²) in [6.07, 6.45) is 8.60. The van der Waals surface area contributed by atoms with Crippen molar-refractivity contribution in [1.82, 2.24) is 5.32 Å². The highest BCUT2D eigenvalue weighted by Crippen LogP contribution is 2.38. The molecular formula is C16H31NO2. The van der Waals surface area contributed by atoms with Crippen molar-refractivity contribution < 1.29 is 9.47 Å². The Morgan fingerprint density at radius 2 is 2.00 bits per heavy atom. The molecule has 19 heavy (non-hydrogen) atoms. The fraction of sp³-hybridized carbons (Fsp3) is 1.00. The Morgan fingerprint density at radius 3 is 2.68 bits per heavy atom. The predicted octanol–water partition coefficient (Wildman–Crippen LogP) is 3.13. The van der Waals surface area contributed by atoms with Crippen molar-refractivity contribution in [2.24, 2.45) is 5.92 Å². The molecule has 2 aliphatic heterocycles. The molecule has 0 aliphatic carbocycles. The van der Waals surface area contributed by atoms with Crippen LogP contribution in [0.1, 0.15) is 58.8 Å². The number of hydrogen-bond acceptors (Lipinski definition) is 3. The van der Waals surface area contributed by atoms with E-state index in [9.17, 15) is 0 Å². The lowest BCUT2D eigenvalue weighted by molar-refractivity contribution is -0.150. The molecule has 0 bridgehead atoms. The first-order chi connectivity index (χ1) is 9.29. The molecule has 2 atom stereocenters. The first-order valence-corrected chi connectivity index (χ1v) is 8.25. The van der Waals surface area contributed by atoms with Gasteiger partial charge in [-0.2, -0.15) is 0 Å². The van der Waals surface area contributed by atoms with Crippen molar-refractivity contribution in [2.75, 3.05) is 26.4 Å². The van der Waals surface area contributed by atoms with E-state index in [1.165, 1.54) is 32.1 Å². The zero-order valence-corrected chi connectivity index (χ0v) is 12.7. The third kappa shape index (κ3) is 4.17. The molecule has 3 heteroatoms. The van der Waals surface area contributed by atoms with E-state index in [0.29, 0.717) is 6.04 Å². The maximum atomic E-state index is 6.16. The zero-order valence-electron chi connectivity index (χ0n) is 12.7. The van der Waals surface area contributed by atoms with E-state index in [1.54, 1.807) is 0 Å². The van der Waals surface area contributed by atoms with E-state index >= 15 is 0 Å². The van der Waals surface area contributed by atoms with Crippen LogP contribution in [0.3, 0.4) is 0 Å². The Labute approximate surface area is 118 Å². The molecule has 0 saturated carbocycles. The summed E-state index contributed by atoms with van der Waals surface area (Å²) >= 11 is 0. The van der Waals surface area contributed by atoms with Gasteiger partial charge in [0.15, 0.2) is 0 Å². The van der Waals surface area contributed by atoms with Crippen LogP contribution in [-0.2, 0) is 9.47 Å². The van der Waals surface area contributed by atoms with Gasteiger partial charge in [-0.15, -0.1) is 0 Å². The van der Waals surface area contributed by atoms with Crippen LogP contribution in [0.15, 0.2) is 0 Å². The smallest absolute Gasteiger partial charge is 0.0729 e. The lowest BCUT2D eigenvalue weighted by Crippen LogP contribution is -2.49. The van der Waals surface area contributed by atoms with Crippen molar-refractivity contribution in [2.45, 2.75) is 70.4 Å². The molecule has 0 aromatic carbocycles. The quantitative estimate of drug-likeness (QED) is 0.803. The molecule has 2 rings (SSSR count). The van der Waals surface area contributed by atoms with Crippen LogP contribution in [-0.4, -0.2) is 38.0 Å². The minimum Gasteiger partial charge on any atom is -0.381 e. The van der Waals surface area contributed by atoms with E-state index in [-0.39, 0.29) is 5.60 Å². The summed E-state index contributed by atoms with van der Waals surface area (Å²) in [5.41, 5.74) is 0.140. The zero-order chi connectivity index (χ0) is 13.6. The molecule has 3 nitrogen and oxygen atoms in total. The van der Waals surface area contributed by atoms with Gasteiger partial charge in [0.1, 0.15) is 0 Å². The van der Waals surface area contributed by atoms with Crippen molar-refractivity contribution in [3.63, 3.8) is 0 Å². The van der Waals surface area contributed by atoms with Gasteiger partial charge in [-0.1, -0.05) is 26.7 Å². The average Bonchev–Trinajstić information content (AvgIpc) is 2.44. The minimum absolute atomic E-state index is 0.140. The van der Waals surface area contributed by atoms with Crippen LogP contribution < -0.4 is 5.32 Å². The molecular weight excluding hydrogens is 238 g/mol. The SMILES string of the molecule is CCCCC(NCC)C1CCOC2(CCOCC2)C1.